The summed E-state index contributed by atoms with van der Waals surface area (Å²) in [4.78, 5) is 3.14. The third kappa shape index (κ3) is 4.61. The fraction of sp³-hybridized carbons (Fsp3) is 0.545. The van der Waals surface area contributed by atoms with Crippen LogP contribution in [0.2, 0.25) is 0 Å². The van der Waals surface area contributed by atoms with Gasteiger partial charge in [0.2, 0.25) is 0 Å². The van der Waals surface area contributed by atoms with Crippen molar-refractivity contribution in [2.45, 2.75) is 78.1 Å². The van der Waals surface area contributed by atoms with Crippen LogP contribution in [0.15, 0.2) is 24.3 Å². The Labute approximate surface area is 154 Å². The molecule has 0 aliphatic rings. The Morgan fingerprint density at radius 2 is 1.04 bits per heavy atom. The third-order valence-corrected chi connectivity index (χ3v) is 7.13. The van der Waals surface area contributed by atoms with E-state index in [9.17, 15) is 0 Å². The van der Waals surface area contributed by atoms with Gasteiger partial charge in [-0.25, -0.2) is 0 Å². The van der Waals surface area contributed by atoms with Gasteiger partial charge in [-0.1, -0.05) is 52.4 Å². The molecule has 0 saturated carbocycles. The van der Waals surface area contributed by atoms with Gasteiger partial charge in [0.1, 0.15) is 0 Å². The van der Waals surface area contributed by atoms with Gasteiger partial charge in [-0.3, -0.25) is 0 Å². The van der Waals surface area contributed by atoms with Gasteiger partial charge in [-0.2, -0.15) is 0 Å². The molecule has 2 heteroatoms. The van der Waals surface area contributed by atoms with E-state index in [2.05, 4.69) is 38.1 Å². The third-order valence-electron chi connectivity index (χ3n) is 4.81. The second-order valence-electron chi connectivity index (χ2n) is 6.97. The minimum Gasteiger partial charge on any atom is -0.140 e. The monoisotopic (exact) mass is 358 g/mol. The van der Waals surface area contributed by atoms with Crippen LogP contribution in [0.4, 0.5) is 0 Å². The summed E-state index contributed by atoms with van der Waals surface area (Å²) in [5.74, 6) is 0. The van der Waals surface area contributed by atoms with Crippen LogP contribution < -0.4 is 0 Å². The highest BCUT2D eigenvalue weighted by Crippen LogP contribution is 2.35. The van der Waals surface area contributed by atoms with Crippen LogP contribution in [0, 0.1) is 0 Å². The molecule has 0 nitrogen and oxygen atoms in total. The smallest absolute Gasteiger partial charge is 0.0352 e. The number of thiophene rings is 2. The van der Waals surface area contributed by atoms with E-state index in [4.69, 9.17) is 0 Å². The molecule has 0 amide bonds. The van der Waals surface area contributed by atoms with Crippen molar-refractivity contribution < 1.29 is 0 Å². The lowest BCUT2D eigenvalue weighted by molar-refractivity contribution is 0.670. The lowest BCUT2D eigenvalue weighted by atomic mass is 10.1. The maximum Gasteiger partial charge on any atom is 0.0352 e. The molecule has 0 radical (unpaired) electrons. The molecule has 0 saturated heterocycles. The summed E-state index contributed by atoms with van der Waals surface area (Å²) < 4.78 is 2.95. The fourth-order valence-electron chi connectivity index (χ4n) is 3.38. The van der Waals surface area contributed by atoms with Crippen LogP contribution in [0.3, 0.4) is 0 Å². The first-order chi connectivity index (χ1) is 11.8. The SMILES string of the molecule is CCCCCCc1cc2cc3sc(CCCCCC)cc3cc2s1. The molecule has 0 bridgehead atoms. The van der Waals surface area contributed by atoms with Crippen molar-refractivity contribution in [3.8, 4) is 0 Å². The van der Waals surface area contributed by atoms with Gasteiger partial charge < -0.3 is 0 Å². The molecular weight excluding hydrogens is 328 g/mol. The van der Waals surface area contributed by atoms with E-state index < -0.39 is 0 Å². The predicted molar refractivity (Wildman–Crippen MR) is 113 cm³/mol. The molecule has 0 atom stereocenters. The van der Waals surface area contributed by atoms with Gasteiger partial charge in [0.25, 0.3) is 0 Å². The van der Waals surface area contributed by atoms with Crippen LogP contribution in [-0.4, -0.2) is 0 Å². The minimum absolute atomic E-state index is 1.26. The number of hydrogen-bond donors (Lipinski definition) is 0. The lowest BCUT2D eigenvalue weighted by Gasteiger charge is -1.96. The number of benzene rings is 1. The van der Waals surface area contributed by atoms with E-state index in [0.717, 1.165) is 0 Å². The van der Waals surface area contributed by atoms with E-state index >= 15 is 0 Å². The molecule has 1 aromatic carbocycles. The summed E-state index contributed by atoms with van der Waals surface area (Å²) in [6, 6.07) is 9.73. The molecule has 0 fully saturated rings. The molecule has 24 heavy (non-hydrogen) atoms. The minimum atomic E-state index is 1.26. The highest BCUT2D eigenvalue weighted by molar-refractivity contribution is 7.20. The molecule has 3 rings (SSSR count). The maximum absolute atomic E-state index is 2.44. The molecular formula is C22H30S2. The van der Waals surface area contributed by atoms with Crippen molar-refractivity contribution in [1.82, 2.24) is 0 Å². The average molecular weight is 359 g/mol. The van der Waals surface area contributed by atoms with Crippen LogP contribution >= 0.6 is 22.7 Å². The second-order valence-corrected chi connectivity index (χ2v) is 9.31. The Balaban J connectivity index is 1.68. The van der Waals surface area contributed by atoms with Gasteiger partial charge in [0.15, 0.2) is 0 Å². The van der Waals surface area contributed by atoms with E-state index in [1.165, 1.54) is 84.4 Å². The quantitative estimate of drug-likeness (QED) is 0.319. The highest BCUT2D eigenvalue weighted by atomic mass is 32.1. The van der Waals surface area contributed by atoms with Gasteiger partial charge in [0.05, 0.1) is 0 Å². The summed E-state index contributed by atoms with van der Waals surface area (Å²) in [5.41, 5.74) is 0. The first kappa shape index (κ1) is 17.9. The van der Waals surface area contributed by atoms with Gasteiger partial charge in [-0.15, -0.1) is 22.7 Å². The van der Waals surface area contributed by atoms with Crippen molar-refractivity contribution in [3.63, 3.8) is 0 Å². The summed E-state index contributed by atoms with van der Waals surface area (Å²) in [5, 5.41) is 2.91. The van der Waals surface area contributed by atoms with Crippen LogP contribution in [0.5, 0.6) is 0 Å². The second kappa shape index (κ2) is 9.01. The van der Waals surface area contributed by atoms with Crippen LogP contribution in [0.25, 0.3) is 20.2 Å². The molecule has 130 valence electrons. The Kier molecular flexibility index (Phi) is 6.74. The first-order valence-electron chi connectivity index (χ1n) is 9.75. The standard InChI is InChI=1S/C22H30S2/c1-3-5-7-9-11-19-13-17-15-22-18(16-21(17)23-19)14-20(24-22)12-10-8-6-4-2/h13-16H,3-12H2,1-2H3. The Bertz CT molecular complexity index is 650. The number of fused-ring (bicyclic) bond motifs is 2. The molecule has 0 N–H and O–H groups in total. The molecule has 0 aliphatic heterocycles. The number of aryl methyl sites for hydroxylation is 2. The topological polar surface area (TPSA) is 0 Å². The molecule has 2 heterocycles. The summed E-state index contributed by atoms with van der Waals surface area (Å²) >= 11 is 4.02. The van der Waals surface area contributed by atoms with E-state index in [0.29, 0.717) is 0 Å². The van der Waals surface area contributed by atoms with Gasteiger partial charge >= 0.3 is 0 Å². The van der Waals surface area contributed by atoms with Crippen molar-refractivity contribution in [2.75, 3.05) is 0 Å². The van der Waals surface area contributed by atoms with Crippen molar-refractivity contribution in [3.05, 3.63) is 34.0 Å². The Hall–Kier alpha value is -0.860. The summed E-state index contributed by atoms with van der Waals surface area (Å²) in [7, 11) is 0. The van der Waals surface area contributed by atoms with E-state index in [1.54, 1.807) is 9.75 Å². The first-order valence-corrected chi connectivity index (χ1v) is 11.4. The van der Waals surface area contributed by atoms with Crippen molar-refractivity contribution in [1.29, 1.82) is 0 Å². The zero-order valence-electron chi connectivity index (χ0n) is 15.2. The van der Waals surface area contributed by atoms with Crippen molar-refractivity contribution >= 4 is 42.8 Å². The summed E-state index contributed by atoms with van der Waals surface area (Å²) in [6.07, 6.45) is 13.4. The Morgan fingerprint density at radius 1 is 0.583 bits per heavy atom. The predicted octanol–water partition coefficient (Wildman–Crippen LogP) is 8.36. The zero-order chi connectivity index (χ0) is 16.8. The molecule has 2 aromatic heterocycles. The lowest BCUT2D eigenvalue weighted by Crippen LogP contribution is -1.80. The molecule has 0 unspecified atom stereocenters. The highest BCUT2D eigenvalue weighted by Gasteiger charge is 2.07. The van der Waals surface area contributed by atoms with Crippen LogP contribution in [-0.2, 0) is 12.8 Å². The fourth-order valence-corrected chi connectivity index (χ4v) is 5.65. The molecule has 0 aliphatic carbocycles. The van der Waals surface area contributed by atoms with E-state index in [1.807, 2.05) is 22.7 Å². The van der Waals surface area contributed by atoms with Gasteiger partial charge in [0, 0.05) is 19.2 Å². The largest absolute Gasteiger partial charge is 0.140 e. The zero-order valence-corrected chi connectivity index (χ0v) is 16.8. The number of hydrogen-bond acceptors (Lipinski definition) is 2. The molecule has 3 aromatic rings. The summed E-state index contributed by atoms with van der Waals surface area (Å²) in [6.45, 7) is 4.56. The van der Waals surface area contributed by atoms with Crippen LogP contribution in [0.1, 0.15) is 75.0 Å². The number of unbranched alkanes of at least 4 members (excludes halogenated alkanes) is 6. The van der Waals surface area contributed by atoms with Gasteiger partial charge in [-0.05, 0) is 60.7 Å². The molecule has 0 spiro atoms. The maximum atomic E-state index is 2.44. The normalized spacial score (nSPS) is 11.8. The van der Waals surface area contributed by atoms with Crippen molar-refractivity contribution in [2.24, 2.45) is 0 Å². The van der Waals surface area contributed by atoms with E-state index in [-0.39, 0.29) is 0 Å². The Morgan fingerprint density at radius 3 is 1.46 bits per heavy atom. The average Bonchev–Trinajstić information content (AvgIpc) is 3.15. The number of rotatable bonds is 10.